The minimum absolute atomic E-state index is 0.417. The summed E-state index contributed by atoms with van der Waals surface area (Å²) in [5.74, 6) is 0. The van der Waals surface area contributed by atoms with Crippen LogP contribution in [0.4, 0.5) is 5.69 Å². The Hall–Kier alpha value is -1.11. The van der Waals surface area contributed by atoms with Crippen molar-refractivity contribution >= 4 is 15.9 Å². The third kappa shape index (κ3) is 4.49. The lowest BCUT2D eigenvalue weighted by atomic mass is 10.1. The van der Waals surface area contributed by atoms with E-state index in [4.69, 9.17) is 0 Å². The fourth-order valence-corrected chi connectivity index (χ4v) is 2.66. The second-order valence-corrected chi connectivity index (χ2v) is 6.32. The van der Waals surface area contributed by atoms with Crippen molar-refractivity contribution in [2.45, 2.75) is 32.8 Å². The predicted octanol–water partition coefficient (Wildman–Crippen LogP) is 2.13. The topological polar surface area (TPSA) is 69.6 Å². The van der Waals surface area contributed by atoms with Crippen molar-refractivity contribution in [3.8, 4) is 0 Å². The van der Waals surface area contributed by atoms with Crippen LogP contribution in [0.3, 0.4) is 0 Å². The van der Waals surface area contributed by atoms with Crippen molar-refractivity contribution in [1.82, 2.24) is 4.31 Å². The van der Waals surface area contributed by atoms with E-state index in [0.717, 1.165) is 12.8 Å². The fourth-order valence-electron chi connectivity index (χ4n) is 1.67. The molecular weight excluding hydrogens is 264 g/mol. The van der Waals surface area contributed by atoms with Gasteiger partial charge in [-0.3, -0.25) is 4.72 Å². The molecule has 0 aliphatic heterocycles. The van der Waals surface area contributed by atoms with Crippen molar-refractivity contribution in [3.05, 3.63) is 29.8 Å². The Morgan fingerprint density at radius 2 is 2.00 bits per heavy atom. The van der Waals surface area contributed by atoms with Gasteiger partial charge >= 0.3 is 10.2 Å². The molecular formula is C13H22N2O3S. The predicted molar refractivity (Wildman–Crippen MR) is 77.2 cm³/mol. The number of para-hydroxylation sites is 1. The van der Waals surface area contributed by atoms with Gasteiger partial charge in [-0.05, 0) is 19.4 Å². The second-order valence-electron chi connectivity index (χ2n) is 4.55. The molecule has 1 rings (SSSR count). The Morgan fingerprint density at radius 3 is 2.58 bits per heavy atom. The highest BCUT2D eigenvalue weighted by Gasteiger charge is 2.19. The van der Waals surface area contributed by atoms with Crippen molar-refractivity contribution in [2.75, 3.05) is 18.3 Å². The number of nitrogens with zero attached hydrogens (tertiary/aromatic N) is 1. The van der Waals surface area contributed by atoms with Crippen LogP contribution in [0.5, 0.6) is 0 Å². The van der Waals surface area contributed by atoms with Gasteiger partial charge in [0.2, 0.25) is 0 Å². The maximum Gasteiger partial charge on any atom is 0.301 e. The molecule has 0 aliphatic rings. The van der Waals surface area contributed by atoms with Crippen LogP contribution >= 0.6 is 0 Å². The molecule has 0 saturated carbocycles. The van der Waals surface area contributed by atoms with E-state index >= 15 is 0 Å². The molecule has 0 bridgehead atoms. The Balaban J connectivity index is 2.89. The van der Waals surface area contributed by atoms with Gasteiger partial charge in [-0.1, -0.05) is 31.5 Å². The van der Waals surface area contributed by atoms with E-state index in [9.17, 15) is 13.5 Å². The molecule has 19 heavy (non-hydrogen) atoms. The molecule has 0 heterocycles. The van der Waals surface area contributed by atoms with Crippen LogP contribution in [0.1, 0.15) is 38.4 Å². The minimum atomic E-state index is -3.57. The van der Waals surface area contributed by atoms with Crippen LogP contribution in [0.15, 0.2) is 24.3 Å². The van der Waals surface area contributed by atoms with E-state index < -0.39 is 16.3 Å². The van der Waals surface area contributed by atoms with Gasteiger partial charge in [-0.15, -0.1) is 0 Å². The quantitative estimate of drug-likeness (QED) is 0.806. The largest absolute Gasteiger partial charge is 0.389 e. The van der Waals surface area contributed by atoms with Gasteiger partial charge in [-0.25, -0.2) is 0 Å². The van der Waals surface area contributed by atoms with Crippen molar-refractivity contribution < 1.29 is 13.5 Å². The molecule has 1 aromatic rings. The Labute approximate surface area is 115 Å². The van der Waals surface area contributed by atoms with Crippen LogP contribution in [0.25, 0.3) is 0 Å². The Kier molecular flexibility index (Phi) is 5.78. The highest BCUT2D eigenvalue weighted by atomic mass is 32.2. The van der Waals surface area contributed by atoms with E-state index in [2.05, 4.69) is 4.72 Å². The van der Waals surface area contributed by atoms with E-state index in [1.54, 1.807) is 38.2 Å². The first-order chi connectivity index (χ1) is 8.88. The van der Waals surface area contributed by atoms with E-state index in [1.165, 1.54) is 4.31 Å². The number of anilines is 1. The van der Waals surface area contributed by atoms with Crippen molar-refractivity contribution in [1.29, 1.82) is 0 Å². The summed E-state index contributed by atoms with van der Waals surface area (Å²) in [5, 5.41) is 9.63. The zero-order valence-corrected chi connectivity index (χ0v) is 12.4. The monoisotopic (exact) mass is 286 g/mol. The van der Waals surface area contributed by atoms with E-state index in [0.29, 0.717) is 17.8 Å². The number of aliphatic hydroxyl groups is 1. The molecule has 0 saturated heterocycles. The fraction of sp³-hybridized carbons (Fsp3) is 0.538. The smallest absolute Gasteiger partial charge is 0.301 e. The van der Waals surface area contributed by atoms with E-state index in [-0.39, 0.29) is 0 Å². The maximum atomic E-state index is 12.1. The maximum absolute atomic E-state index is 12.1. The lowest BCUT2D eigenvalue weighted by molar-refractivity contribution is 0.200. The lowest BCUT2D eigenvalue weighted by Gasteiger charge is -2.20. The SMILES string of the molecule is CCCCN(C)S(=O)(=O)Nc1ccccc1C(C)O. The average Bonchev–Trinajstić information content (AvgIpc) is 2.35. The zero-order valence-electron chi connectivity index (χ0n) is 11.6. The summed E-state index contributed by atoms with van der Waals surface area (Å²) in [6.45, 7) is 4.09. The molecule has 0 aliphatic carbocycles. The number of hydrogen-bond donors (Lipinski definition) is 2. The van der Waals surface area contributed by atoms with Crippen LogP contribution in [0, 0.1) is 0 Å². The molecule has 0 amide bonds. The van der Waals surface area contributed by atoms with Crippen LogP contribution < -0.4 is 4.72 Å². The third-order valence-electron chi connectivity index (χ3n) is 2.89. The molecule has 0 radical (unpaired) electrons. The number of rotatable bonds is 7. The van der Waals surface area contributed by atoms with Gasteiger partial charge in [0.1, 0.15) is 0 Å². The normalized spacial score (nSPS) is 13.5. The summed E-state index contributed by atoms with van der Waals surface area (Å²) >= 11 is 0. The van der Waals surface area contributed by atoms with Crippen molar-refractivity contribution in [3.63, 3.8) is 0 Å². The number of benzene rings is 1. The third-order valence-corrected chi connectivity index (χ3v) is 4.37. The molecule has 6 heteroatoms. The molecule has 108 valence electrons. The van der Waals surface area contributed by atoms with Crippen LogP contribution in [-0.2, 0) is 10.2 Å². The summed E-state index contributed by atoms with van der Waals surface area (Å²) < 4.78 is 28.0. The molecule has 1 aromatic carbocycles. The van der Waals surface area contributed by atoms with Gasteiger partial charge in [0, 0.05) is 19.2 Å². The minimum Gasteiger partial charge on any atom is -0.389 e. The first-order valence-corrected chi connectivity index (χ1v) is 7.83. The number of unbranched alkanes of at least 4 members (excludes halogenated alkanes) is 1. The lowest BCUT2D eigenvalue weighted by Crippen LogP contribution is -2.33. The van der Waals surface area contributed by atoms with Gasteiger partial charge < -0.3 is 5.11 Å². The molecule has 0 fully saturated rings. The second kappa shape index (κ2) is 6.88. The summed E-state index contributed by atoms with van der Waals surface area (Å²) in [6.07, 6.45) is 1.03. The average molecular weight is 286 g/mol. The van der Waals surface area contributed by atoms with E-state index in [1.807, 2.05) is 6.92 Å². The molecule has 1 unspecified atom stereocenters. The summed E-state index contributed by atoms with van der Waals surface area (Å²) in [7, 11) is -2.02. The van der Waals surface area contributed by atoms with Crippen LogP contribution in [-0.4, -0.2) is 31.4 Å². The van der Waals surface area contributed by atoms with Gasteiger partial charge in [0.05, 0.1) is 11.8 Å². The summed E-state index contributed by atoms with van der Waals surface area (Å²) in [6, 6.07) is 6.85. The molecule has 2 N–H and O–H groups in total. The van der Waals surface area contributed by atoms with Gasteiger partial charge in [0.25, 0.3) is 0 Å². The Bertz CT molecular complexity index is 500. The van der Waals surface area contributed by atoms with Gasteiger partial charge in [0.15, 0.2) is 0 Å². The first kappa shape index (κ1) is 15.9. The summed E-state index contributed by atoms with van der Waals surface area (Å²) in [4.78, 5) is 0. The number of aliphatic hydroxyl groups excluding tert-OH is 1. The molecule has 0 spiro atoms. The Morgan fingerprint density at radius 1 is 1.37 bits per heavy atom. The molecule has 0 aromatic heterocycles. The van der Waals surface area contributed by atoms with Crippen molar-refractivity contribution in [2.24, 2.45) is 0 Å². The van der Waals surface area contributed by atoms with Crippen LogP contribution in [0.2, 0.25) is 0 Å². The summed E-state index contributed by atoms with van der Waals surface area (Å²) in [5.41, 5.74) is 0.982. The van der Waals surface area contributed by atoms with Gasteiger partial charge in [-0.2, -0.15) is 12.7 Å². The number of nitrogens with one attached hydrogen (secondary N) is 1. The highest BCUT2D eigenvalue weighted by Crippen LogP contribution is 2.23. The first-order valence-electron chi connectivity index (χ1n) is 6.39. The number of hydrogen-bond acceptors (Lipinski definition) is 3. The zero-order chi connectivity index (χ0) is 14.5. The molecule has 1 atom stereocenters. The molecule has 5 nitrogen and oxygen atoms in total. The standard InChI is InChI=1S/C13H22N2O3S/c1-4-5-10-15(3)19(17,18)14-13-9-7-6-8-12(13)11(2)16/h6-9,11,14,16H,4-5,10H2,1-3H3. The highest BCUT2D eigenvalue weighted by molar-refractivity contribution is 7.90.